The number of nitrogens with two attached hydrogens (primary N) is 1. The molecular formula is C11H14N3O+. The van der Waals surface area contributed by atoms with Crippen molar-refractivity contribution in [3.8, 4) is 6.01 Å². The number of aromatic nitrogens is 2. The molecule has 0 radical (unpaired) electrons. The maximum absolute atomic E-state index is 5.79. The van der Waals surface area contributed by atoms with Crippen LogP contribution in [-0.4, -0.2) is 16.6 Å². The smallest absolute Gasteiger partial charge is 0.339 e. The van der Waals surface area contributed by atoms with Gasteiger partial charge in [0, 0.05) is 0 Å². The molecule has 4 heteroatoms. The molecule has 78 valence electrons. The summed E-state index contributed by atoms with van der Waals surface area (Å²) in [4.78, 5) is 8.36. The molecule has 1 aromatic heterocycles. The summed E-state index contributed by atoms with van der Waals surface area (Å²) in [6.45, 7) is 2.75. The van der Waals surface area contributed by atoms with E-state index in [0.29, 0.717) is 24.9 Å². The predicted molar refractivity (Wildman–Crippen MR) is 58.3 cm³/mol. The third kappa shape index (κ3) is 2.05. The van der Waals surface area contributed by atoms with Gasteiger partial charge in [-0.05, 0) is 6.42 Å². The van der Waals surface area contributed by atoms with Crippen molar-refractivity contribution < 1.29 is 4.74 Å². The molecule has 0 amide bonds. The van der Waals surface area contributed by atoms with Crippen molar-refractivity contribution in [2.45, 2.75) is 26.2 Å². The van der Waals surface area contributed by atoms with Gasteiger partial charge < -0.3 is 10.5 Å². The minimum atomic E-state index is 0.375. The Morgan fingerprint density at radius 1 is 1.53 bits per heavy atom. The molecule has 15 heavy (non-hydrogen) atoms. The first-order valence-corrected chi connectivity index (χ1v) is 5.17. The average molecular weight is 204 g/mol. The lowest BCUT2D eigenvalue weighted by atomic mass is 10.2. The van der Waals surface area contributed by atoms with Gasteiger partial charge in [0.1, 0.15) is 12.0 Å². The molecule has 0 atom stereocenters. The molecule has 0 unspecified atom stereocenters. The normalized spacial score (nSPS) is 12.3. The predicted octanol–water partition coefficient (Wildman–Crippen LogP) is 1.61. The highest BCUT2D eigenvalue weighted by Crippen LogP contribution is 2.23. The molecule has 0 saturated heterocycles. The lowest BCUT2D eigenvalue weighted by molar-refractivity contribution is 0.285. The standard InChI is InChI=1S/C11H14N3O/c1-2-3-7-15-11-13-9-6-4-5-8(9)10(12)14-11/h6H,2-3,5,7H2,1H3,(H2,12,13,14)/q+1. The Balaban J connectivity index is 2.12. The van der Waals surface area contributed by atoms with E-state index >= 15 is 0 Å². The van der Waals surface area contributed by atoms with Gasteiger partial charge >= 0.3 is 6.01 Å². The van der Waals surface area contributed by atoms with E-state index in [1.807, 2.05) is 6.08 Å². The summed E-state index contributed by atoms with van der Waals surface area (Å²) in [5.74, 6) is 0.507. The minimum Gasteiger partial charge on any atom is -0.462 e. The van der Waals surface area contributed by atoms with Crippen LogP contribution in [0.3, 0.4) is 0 Å². The summed E-state index contributed by atoms with van der Waals surface area (Å²) in [5, 5.41) is 0. The first-order chi connectivity index (χ1) is 7.31. The summed E-state index contributed by atoms with van der Waals surface area (Å²) >= 11 is 0. The number of nitrogens with zero attached hydrogens (tertiary/aromatic N) is 2. The zero-order chi connectivity index (χ0) is 10.7. The molecule has 2 N–H and O–H groups in total. The Kier molecular flexibility index (Phi) is 2.79. The number of hydrogen-bond acceptors (Lipinski definition) is 4. The van der Waals surface area contributed by atoms with Crippen LogP contribution in [0.25, 0.3) is 6.08 Å². The molecule has 1 aliphatic rings. The second kappa shape index (κ2) is 4.24. The van der Waals surface area contributed by atoms with Crippen molar-refractivity contribution >= 4 is 11.9 Å². The van der Waals surface area contributed by atoms with Crippen LogP contribution in [0.5, 0.6) is 6.01 Å². The largest absolute Gasteiger partial charge is 0.462 e. The monoisotopic (exact) mass is 204 g/mol. The molecule has 1 aromatic rings. The number of allylic oxidation sites excluding steroid dienone is 1. The van der Waals surface area contributed by atoms with Crippen LogP contribution in [0.4, 0.5) is 5.82 Å². The zero-order valence-electron chi connectivity index (χ0n) is 8.79. The Bertz CT molecular complexity index is 388. The van der Waals surface area contributed by atoms with Crippen molar-refractivity contribution in [3.05, 3.63) is 17.3 Å². The van der Waals surface area contributed by atoms with Gasteiger partial charge in [0.15, 0.2) is 11.9 Å². The van der Waals surface area contributed by atoms with E-state index in [0.717, 1.165) is 24.1 Å². The molecule has 4 nitrogen and oxygen atoms in total. The molecule has 0 saturated carbocycles. The minimum absolute atomic E-state index is 0.375. The van der Waals surface area contributed by atoms with Crippen molar-refractivity contribution in [1.82, 2.24) is 9.97 Å². The van der Waals surface area contributed by atoms with Gasteiger partial charge in [-0.3, -0.25) is 0 Å². The van der Waals surface area contributed by atoms with Crippen molar-refractivity contribution in [1.29, 1.82) is 0 Å². The highest BCUT2D eigenvalue weighted by atomic mass is 16.5. The maximum atomic E-state index is 5.79. The summed E-state index contributed by atoms with van der Waals surface area (Å²) < 4.78 is 5.40. The fourth-order valence-electron chi connectivity index (χ4n) is 1.42. The van der Waals surface area contributed by atoms with Gasteiger partial charge in [0.2, 0.25) is 5.69 Å². The summed E-state index contributed by atoms with van der Waals surface area (Å²) in [6, 6.07) is 0.375. The number of rotatable bonds is 4. The molecule has 2 rings (SSSR count). The van der Waals surface area contributed by atoms with Crippen LogP contribution >= 0.6 is 0 Å². The Morgan fingerprint density at radius 3 is 3.20 bits per heavy atom. The van der Waals surface area contributed by atoms with Crippen LogP contribution < -0.4 is 10.5 Å². The van der Waals surface area contributed by atoms with Crippen LogP contribution in [0, 0.1) is 6.08 Å². The van der Waals surface area contributed by atoms with Crippen LogP contribution in [-0.2, 0) is 6.42 Å². The van der Waals surface area contributed by atoms with E-state index in [2.05, 4.69) is 23.0 Å². The van der Waals surface area contributed by atoms with Crippen molar-refractivity contribution in [3.63, 3.8) is 0 Å². The molecule has 1 aliphatic carbocycles. The van der Waals surface area contributed by atoms with E-state index in [4.69, 9.17) is 10.5 Å². The molecule has 0 spiro atoms. The number of ether oxygens (including phenoxy) is 1. The van der Waals surface area contributed by atoms with E-state index in [1.54, 1.807) is 0 Å². The third-order valence-corrected chi connectivity index (χ3v) is 2.30. The Labute approximate surface area is 89.2 Å². The van der Waals surface area contributed by atoms with E-state index in [-0.39, 0.29) is 0 Å². The van der Waals surface area contributed by atoms with Crippen molar-refractivity contribution in [2.75, 3.05) is 12.3 Å². The van der Waals surface area contributed by atoms with Gasteiger partial charge in [-0.1, -0.05) is 18.3 Å². The van der Waals surface area contributed by atoms with Crippen molar-refractivity contribution in [2.24, 2.45) is 0 Å². The van der Waals surface area contributed by atoms with E-state index < -0.39 is 0 Å². The maximum Gasteiger partial charge on any atom is 0.339 e. The number of hydrogen-bond donors (Lipinski definition) is 1. The summed E-state index contributed by atoms with van der Waals surface area (Å²) in [5.41, 5.74) is 7.58. The Hall–Kier alpha value is -1.67. The van der Waals surface area contributed by atoms with Gasteiger partial charge in [-0.15, -0.1) is 0 Å². The summed E-state index contributed by atoms with van der Waals surface area (Å²) in [6.07, 6.45) is 7.69. The fourth-order valence-corrected chi connectivity index (χ4v) is 1.42. The van der Waals surface area contributed by atoms with Gasteiger partial charge in [0.25, 0.3) is 0 Å². The number of nitrogen functional groups attached to an aromatic ring is 1. The average Bonchev–Trinajstić information content (AvgIpc) is 2.66. The third-order valence-electron chi connectivity index (χ3n) is 2.30. The highest BCUT2D eigenvalue weighted by molar-refractivity contribution is 5.61. The molecule has 1 heterocycles. The van der Waals surface area contributed by atoms with E-state index in [9.17, 15) is 0 Å². The lowest BCUT2D eigenvalue weighted by Crippen LogP contribution is -2.06. The Morgan fingerprint density at radius 2 is 2.40 bits per heavy atom. The summed E-state index contributed by atoms with van der Waals surface area (Å²) in [7, 11) is 0. The quantitative estimate of drug-likeness (QED) is 0.598. The fraction of sp³-hybridized carbons (Fsp3) is 0.455. The number of fused-ring (bicyclic) bond motifs is 1. The molecular weight excluding hydrogens is 190 g/mol. The highest BCUT2D eigenvalue weighted by Gasteiger charge is 2.23. The lowest BCUT2D eigenvalue weighted by Gasteiger charge is -2.03. The second-order valence-corrected chi connectivity index (χ2v) is 3.48. The second-order valence-electron chi connectivity index (χ2n) is 3.48. The number of anilines is 1. The topological polar surface area (TPSA) is 61.0 Å². The van der Waals surface area contributed by atoms with Crippen LogP contribution in [0.2, 0.25) is 0 Å². The number of unbranched alkanes of at least 4 members (excludes halogenated alkanes) is 1. The van der Waals surface area contributed by atoms with Gasteiger partial charge in [-0.2, -0.15) is 4.98 Å². The van der Waals surface area contributed by atoms with Gasteiger partial charge in [0.05, 0.1) is 12.7 Å². The van der Waals surface area contributed by atoms with Crippen LogP contribution in [0.1, 0.15) is 31.0 Å². The van der Waals surface area contributed by atoms with Gasteiger partial charge in [-0.25, -0.2) is 0 Å². The molecule has 0 aromatic carbocycles. The van der Waals surface area contributed by atoms with E-state index in [1.165, 1.54) is 0 Å². The molecule has 0 aliphatic heterocycles. The SMILES string of the molecule is CCCCOc1nc(N)c2c(n1)C=[C+]C2. The first kappa shape index (κ1) is 9.87. The molecule has 0 fully saturated rings. The molecule has 0 bridgehead atoms. The zero-order valence-corrected chi connectivity index (χ0v) is 8.79. The van der Waals surface area contributed by atoms with Crippen LogP contribution in [0.15, 0.2) is 0 Å². The first-order valence-electron chi connectivity index (χ1n) is 5.17.